The Morgan fingerprint density at radius 2 is 1.97 bits per heavy atom. The summed E-state index contributed by atoms with van der Waals surface area (Å²) >= 11 is 6.01. The van der Waals surface area contributed by atoms with E-state index in [4.69, 9.17) is 11.6 Å². The van der Waals surface area contributed by atoms with E-state index in [1.807, 2.05) is 18.2 Å². The molecule has 0 unspecified atom stereocenters. The minimum absolute atomic E-state index is 0.0614. The first-order valence-electron chi connectivity index (χ1n) is 10.3. The summed E-state index contributed by atoms with van der Waals surface area (Å²) in [6, 6.07) is 15.0. The largest absolute Gasteiger partial charge is 0.396 e. The van der Waals surface area contributed by atoms with E-state index in [9.17, 15) is 14.7 Å². The van der Waals surface area contributed by atoms with Crippen molar-refractivity contribution in [1.82, 2.24) is 14.9 Å². The summed E-state index contributed by atoms with van der Waals surface area (Å²) in [5.41, 5.74) is 3.72. The van der Waals surface area contributed by atoms with Crippen molar-refractivity contribution in [3.63, 3.8) is 0 Å². The first kappa shape index (κ1) is 21.3. The summed E-state index contributed by atoms with van der Waals surface area (Å²) in [6.07, 6.45) is 1.95. The van der Waals surface area contributed by atoms with E-state index in [0.29, 0.717) is 27.7 Å². The van der Waals surface area contributed by atoms with E-state index in [-0.39, 0.29) is 37.1 Å². The molecule has 2 aromatic carbocycles. The van der Waals surface area contributed by atoms with E-state index in [1.165, 1.54) is 10.1 Å². The molecule has 1 aliphatic rings. The Morgan fingerprint density at radius 3 is 2.71 bits per heavy atom. The van der Waals surface area contributed by atoms with Gasteiger partial charge in [0, 0.05) is 34.9 Å². The van der Waals surface area contributed by atoms with Crippen LogP contribution in [0.5, 0.6) is 0 Å². The van der Waals surface area contributed by atoms with Gasteiger partial charge in [-0.1, -0.05) is 35.9 Å². The van der Waals surface area contributed by atoms with Crippen LogP contribution in [0.15, 0.2) is 53.3 Å². The van der Waals surface area contributed by atoms with Crippen LogP contribution < -0.4 is 10.9 Å². The minimum Gasteiger partial charge on any atom is -0.396 e. The third-order valence-electron chi connectivity index (χ3n) is 5.70. The number of nitrogens with zero attached hydrogens (tertiary/aromatic N) is 2. The molecule has 7 heteroatoms. The summed E-state index contributed by atoms with van der Waals surface area (Å²) in [5.74, 6) is 0.155. The van der Waals surface area contributed by atoms with Crippen LogP contribution in [0.2, 0.25) is 5.02 Å². The Balaban J connectivity index is 1.67. The maximum Gasteiger partial charge on any atom is 0.257 e. The third kappa shape index (κ3) is 4.40. The monoisotopic (exact) mass is 437 g/mol. The van der Waals surface area contributed by atoms with Gasteiger partial charge in [0.15, 0.2) is 0 Å². The molecule has 1 aliphatic carbocycles. The van der Waals surface area contributed by atoms with E-state index >= 15 is 0 Å². The van der Waals surface area contributed by atoms with Crippen LogP contribution in [0.1, 0.15) is 34.8 Å². The van der Waals surface area contributed by atoms with Crippen LogP contribution in [-0.4, -0.2) is 27.2 Å². The lowest BCUT2D eigenvalue weighted by Gasteiger charge is -2.18. The van der Waals surface area contributed by atoms with Gasteiger partial charge in [0.25, 0.3) is 5.56 Å². The van der Waals surface area contributed by atoms with Crippen LogP contribution >= 0.6 is 11.6 Å². The Bertz CT molecular complexity index is 1170. The molecule has 3 aromatic rings. The lowest BCUT2D eigenvalue weighted by molar-refractivity contribution is -0.122. The molecule has 0 aliphatic heterocycles. The van der Waals surface area contributed by atoms with Gasteiger partial charge in [-0.15, -0.1) is 0 Å². The van der Waals surface area contributed by atoms with E-state index in [2.05, 4.69) is 16.4 Å². The number of benzene rings is 2. The predicted octanol–water partition coefficient (Wildman–Crippen LogP) is 3.21. The second-order valence-corrected chi connectivity index (χ2v) is 8.17. The molecule has 160 valence electrons. The van der Waals surface area contributed by atoms with Gasteiger partial charge in [0.05, 0.1) is 6.04 Å². The zero-order chi connectivity index (χ0) is 22.0. The summed E-state index contributed by atoms with van der Waals surface area (Å²) in [6.45, 7) is 1.43. The molecule has 0 radical (unpaired) electrons. The van der Waals surface area contributed by atoms with Gasteiger partial charge in [-0.3, -0.25) is 14.2 Å². The number of carbonyl (C=O) groups excluding carboxylic acids is 1. The molecule has 1 aromatic heterocycles. The summed E-state index contributed by atoms with van der Waals surface area (Å²) in [4.78, 5) is 30.8. The summed E-state index contributed by atoms with van der Waals surface area (Å²) < 4.78 is 1.39. The van der Waals surface area contributed by atoms with Crippen molar-refractivity contribution in [1.29, 1.82) is 0 Å². The fraction of sp³-hybridized carbons (Fsp3) is 0.292. The molecular weight excluding hydrogens is 414 g/mol. The number of amides is 1. The number of hydrogen-bond donors (Lipinski definition) is 2. The maximum absolute atomic E-state index is 13.2. The average Bonchev–Trinajstić information content (AvgIpc) is 3.16. The zero-order valence-corrected chi connectivity index (χ0v) is 18.0. The Morgan fingerprint density at radius 1 is 1.23 bits per heavy atom. The van der Waals surface area contributed by atoms with Crippen molar-refractivity contribution in [3.8, 4) is 11.4 Å². The standard InChI is InChI=1S/C24H24ClN3O3/c1-15-19(12-13-29)24(31)28(23(26-15)17-6-9-18(25)10-7-17)14-22(30)27-21-11-8-16-4-2-3-5-20(16)21/h2-7,9-10,21,29H,8,11-14H2,1H3,(H,27,30)/t21-/m0/s1. The fourth-order valence-electron chi connectivity index (χ4n) is 4.16. The minimum atomic E-state index is -0.312. The van der Waals surface area contributed by atoms with Crippen molar-refractivity contribution in [2.45, 2.75) is 38.8 Å². The molecule has 0 saturated carbocycles. The van der Waals surface area contributed by atoms with Crippen molar-refractivity contribution in [2.24, 2.45) is 0 Å². The van der Waals surface area contributed by atoms with Crippen LogP contribution in [0.25, 0.3) is 11.4 Å². The van der Waals surface area contributed by atoms with Crippen LogP contribution in [0, 0.1) is 6.92 Å². The number of rotatable bonds is 6. The van der Waals surface area contributed by atoms with Crippen LogP contribution in [0.4, 0.5) is 0 Å². The van der Waals surface area contributed by atoms with Crippen molar-refractivity contribution >= 4 is 17.5 Å². The molecule has 0 saturated heterocycles. The summed E-state index contributed by atoms with van der Waals surface area (Å²) in [5, 5.41) is 13.0. The molecule has 1 heterocycles. The Labute approximate surface area is 185 Å². The predicted molar refractivity (Wildman–Crippen MR) is 120 cm³/mol. The number of carbonyl (C=O) groups is 1. The van der Waals surface area contributed by atoms with Gasteiger partial charge < -0.3 is 10.4 Å². The average molecular weight is 438 g/mol. The second kappa shape index (κ2) is 9.04. The number of halogens is 1. The topological polar surface area (TPSA) is 84.2 Å². The van der Waals surface area contributed by atoms with Crippen LogP contribution in [-0.2, 0) is 24.2 Å². The zero-order valence-electron chi connectivity index (χ0n) is 17.3. The lowest BCUT2D eigenvalue weighted by atomic mass is 10.1. The summed E-state index contributed by atoms with van der Waals surface area (Å²) in [7, 11) is 0. The van der Waals surface area contributed by atoms with Crippen LogP contribution in [0.3, 0.4) is 0 Å². The van der Waals surface area contributed by atoms with Gasteiger partial charge in [-0.25, -0.2) is 4.98 Å². The molecule has 1 amide bonds. The van der Waals surface area contributed by atoms with Crippen molar-refractivity contribution in [3.05, 3.63) is 86.3 Å². The molecule has 0 bridgehead atoms. The Hall–Kier alpha value is -2.96. The van der Waals surface area contributed by atoms with E-state index in [0.717, 1.165) is 18.4 Å². The highest BCUT2D eigenvalue weighted by atomic mass is 35.5. The first-order valence-corrected chi connectivity index (χ1v) is 10.7. The molecular formula is C24H24ClN3O3. The number of aromatic nitrogens is 2. The van der Waals surface area contributed by atoms with Gasteiger partial charge in [0.2, 0.25) is 5.91 Å². The SMILES string of the molecule is Cc1nc(-c2ccc(Cl)cc2)n(CC(=O)N[C@H]2CCc3ccccc32)c(=O)c1CCO. The van der Waals surface area contributed by atoms with Gasteiger partial charge in [-0.05, 0) is 55.2 Å². The fourth-order valence-corrected chi connectivity index (χ4v) is 4.28. The first-order chi connectivity index (χ1) is 15.0. The highest BCUT2D eigenvalue weighted by Crippen LogP contribution is 2.30. The smallest absolute Gasteiger partial charge is 0.257 e. The number of aliphatic hydroxyl groups excluding tert-OH is 1. The molecule has 2 N–H and O–H groups in total. The molecule has 0 spiro atoms. The maximum atomic E-state index is 13.2. The second-order valence-electron chi connectivity index (χ2n) is 7.73. The molecule has 1 atom stereocenters. The number of aliphatic hydroxyl groups is 1. The van der Waals surface area contributed by atoms with E-state index in [1.54, 1.807) is 31.2 Å². The Kier molecular flexibility index (Phi) is 6.20. The van der Waals surface area contributed by atoms with Gasteiger partial charge in [-0.2, -0.15) is 0 Å². The number of aryl methyl sites for hydroxylation is 2. The molecule has 0 fully saturated rings. The molecule has 4 rings (SSSR count). The van der Waals surface area contributed by atoms with E-state index < -0.39 is 0 Å². The van der Waals surface area contributed by atoms with Crippen molar-refractivity contribution in [2.75, 3.05) is 6.61 Å². The lowest BCUT2D eigenvalue weighted by Crippen LogP contribution is -2.36. The number of nitrogens with one attached hydrogen (secondary N) is 1. The quantitative estimate of drug-likeness (QED) is 0.620. The molecule has 31 heavy (non-hydrogen) atoms. The highest BCUT2D eigenvalue weighted by Gasteiger charge is 2.24. The number of fused-ring (bicyclic) bond motifs is 1. The normalized spacial score (nSPS) is 15.0. The molecule has 6 nitrogen and oxygen atoms in total. The van der Waals surface area contributed by atoms with Gasteiger partial charge >= 0.3 is 0 Å². The van der Waals surface area contributed by atoms with Crippen molar-refractivity contribution < 1.29 is 9.90 Å². The number of hydrogen-bond acceptors (Lipinski definition) is 4. The highest BCUT2D eigenvalue weighted by molar-refractivity contribution is 6.30. The van der Waals surface area contributed by atoms with Gasteiger partial charge in [0.1, 0.15) is 12.4 Å². The third-order valence-corrected chi connectivity index (χ3v) is 5.96.